The minimum atomic E-state index is -0.275. The number of thiophene rings is 1. The number of carbonyl (C=O) groups is 1. The van der Waals surface area contributed by atoms with E-state index in [1.807, 2.05) is 19.1 Å². The van der Waals surface area contributed by atoms with Crippen LogP contribution in [0.25, 0.3) is 0 Å². The summed E-state index contributed by atoms with van der Waals surface area (Å²) in [5.41, 5.74) is 0.624. The zero-order valence-electron chi connectivity index (χ0n) is 9.03. The van der Waals surface area contributed by atoms with Gasteiger partial charge in [0, 0.05) is 11.1 Å². The van der Waals surface area contributed by atoms with Crippen molar-refractivity contribution in [3.05, 3.63) is 33.7 Å². The smallest absolute Gasteiger partial charge is 0.319 e. The van der Waals surface area contributed by atoms with E-state index in [1.165, 1.54) is 17.5 Å². The van der Waals surface area contributed by atoms with Crippen molar-refractivity contribution in [3.63, 3.8) is 0 Å². The second kappa shape index (κ2) is 5.20. The Bertz CT molecular complexity index is 496. The van der Waals surface area contributed by atoms with Crippen molar-refractivity contribution >= 4 is 34.7 Å². The number of aromatic nitrogens is 2. The zero-order chi connectivity index (χ0) is 12.3. The van der Waals surface area contributed by atoms with Crippen LogP contribution in [0.3, 0.4) is 0 Å². The summed E-state index contributed by atoms with van der Waals surface area (Å²) in [5, 5.41) is 11.8. The lowest BCUT2D eigenvalue weighted by Gasteiger charge is -2.12. The van der Waals surface area contributed by atoms with Crippen LogP contribution in [0.5, 0.6) is 0 Å². The topological polar surface area (TPSA) is 69.8 Å². The van der Waals surface area contributed by atoms with Gasteiger partial charge in [-0.3, -0.25) is 5.10 Å². The molecule has 2 amide bonds. The van der Waals surface area contributed by atoms with Gasteiger partial charge in [-0.25, -0.2) is 4.79 Å². The molecule has 0 saturated carbocycles. The molecule has 5 nitrogen and oxygen atoms in total. The summed E-state index contributed by atoms with van der Waals surface area (Å²) in [6.45, 7) is 1.90. The fourth-order valence-electron chi connectivity index (χ4n) is 1.32. The number of H-pyrrole nitrogens is 1. The SMILES string of the molecule is CC(NC(=O)Nc1cn[nH]c1)c1ccc(Cl)s1. The lowest BCUT2D eigenvalue weighted by atomic mass is 10.3. The zero-order valence-corrected chi connectivity index (χ0v) is 10.6. The fourth-order valence-corrected chi connectivity index (χ4v) is 2.38. The predicted octanol–water partition coefficient (Wildman–Crippen LogP) is 3.01. The molecule has 2 aromatic heterocycles. The average molecular weight is 271 g/mol. The maximum absolute atomic E-state index is 11.6. The van der Waals surface area contributed by atoms with Crippen LogP contribution in [-0.2, 0) is 0 Å². The van der Waals surface area contributed by atoms with Crippen molar-refractivity contribution in [2.24, 2.45) is 0 Å². The van der Waals surface area contributed by atoms with Gasteiger partial charge < -0.3 is 10.6 Å². The number of aromatic amines is 1. The highest BCUT2D eigenvalue weighted by Gasteiger charge is 2.11. The van der Waals surface area contributed by atoms with Crippen LogP contribution < -0.4 is 10.6 Å². The molecule has 17 heavy (non-hydrogen) atoms. The highest BCUT2D eigenvalue weighted by atomic mass is 35.5. The van der Waals surface area contributed by atoms with Gasteiger partial charge in [-0.1, -0.05) is 11.6 Å². The molecule has 0 saturated heterocycles. The van der Waals surface area contributed by atoms with E-state index in [2.05, 4.69) is 20.8 Å². The van der Waals surface area contributed by atoms with Crippen LogP contribution in [-0.4, -0.2) is 16.2 Å². The minimum Gasteiger partial charge on any atom is -0.331 e. The quantitative estimate of drug-likeness (QED) is 0.802. The van der Waals surface area contributed by atoms with Crippen LogP contribution in [0, 0.1) is 0 Å². The fraction of sp³-hybridized carbons (Fsp3) is 0.200. The predicted molar refractivity (Wildman–Crippen MR) is 68.5 cm³/mol. The maximum Gasteiger partial charge on any atom is 0.319 e. The number of carbonyl (C=O) groups excluding carboxylic acids is 1. The van der Waals surface area contributed by atoms with Gasteiger partial charge in [0.05, 0.1) is 22.3 Å². The number of hydrogen-bond acceptors (Lipinski definition) is 3. The van der Waals surface area contributed by atoms with Gasteiger partial charge in [0.1, 0.15) is 0 Å². The standard InChI is InChI=1S/C10H11ClN4OS/c1-6(8-2-3-9(11)17-8)14-10(16)15-7-4-12-13-5-7/h2-6H,1H3,(H,12,13)(H2,14,15,16). The number of hydrogen-bond donors (Lipinski definition) is 3. The van der Waals surface area contributed by atoms with Gasteiger partial charge in [-0.05, 0) is 19.1 Å². The Morgan fingerprint density at radius 2 is 2.41 bits per heavy atom. The molecule has 1 unspecified atom stereocenters. The van der Waals surface area contributed by atoms with Crippen molar-refractivity contribution in [2.75, 3.05) is 5.32 Å². The number of halogens is 1. The third kappa shape index (κ3) is 3.21. The first-order valence-corrected chi connectivity index (χ1v) is 6.16. The summed E-state index contributed by atoms with van der Waals surface area (Å²) >= 11 is 7.28. The van der Waals surface area contributed by atoms with Gasteiger partial charge in [-0.15, -0.1) is 11.3 Å². The summed E-state index contributed by atoms with van der Waals surface area (Å²) < 4.78 is 0.712. The molecular formula is C10H11ClN4OS. The Kier molecular flexibility index (Phi) is 3.65. The lowest BCUT2D eigenvalue weighted by molar-refractivity contribution is 0.249. The van der Waals surface area contributed by atoms with Crippen LogP contribution in [0.15, 0.2) is 24.5 Å². The normalized spacial score (nSPS) is 12.1. The summed E-state index contributed by atoms with van der Waals surface area (Å²) in [6, 6.07) is 3.35. The molecule has 7 heteroatoms. The Morgan fingerprint density at radius 1 is 1.59 bits per heavy atom. The monoisotopic (exact) mass is 270 g/mol. The van der Waals surface area contributed by atoms with Crippen molar-refractivity contribution in [1.82, 2.24) is 15.5 Å². The molecule has 0 aliphatic heterocycles. The lowest BCUT2D eigenvalue weighted by Crippen LogP contribution is -2.30. The van der Waals surface area contributed by atoms with Crippen molar-refractivity contribution in [1.29, 1.82) is 0 Å². The highest BCUT2D eigenvalue weighted by Crippen LogP contribution is 2.26. The number of amides is 2. The van der Waals surface area contributed by atoms with E-state index in [4.69, 9.17) is 11.6 Å². The Morgan fingerprint density at radius 3 is 3.00 bits per heavy atom. The van der Waals surface area contributed by atoms with E-state index in [0.29, 0.717) is 10.0 Å². The first kappa shape index (κ1) is 11.9. The number of rotatable bonds is 3. The Hall–Kier alpha value is -1.53. The van der Waals surface area contributed by atoms with Crippen LogP contribution in [0.2, 0.25) is 4.34 Å². The van der Waals surface area contributed by atoms with Crippen molar-refractivity contribution in [2.45, 2.75) is 13.0 Å². The second-order valence-corrected chi connectivity index (χ2v) is 5.20. The second-order valence-electron chi connectivity index (χ2n) is 3.45. The molecule has 2 aromatic rings. The maximum atomic E-state index is 11.6. The van der Waals surface area contributed by atoms with E-state index in [0.717, 1.165) is 4.88 Å². The third-order valence-electron chi connectivity index (χ3n) is 2.12. The molecule has 0 aliphatic carbocycles. The molecule has 2 rings (SSSR count). The summed E-state index contributed by atoms with van der Waals surface area (Å²) in [6.07, 6.45) is 3.14. The molecule has 0 radical (unpaired) electrons. The van der Waals surface area contributed by atoms with E-state index in [-0.39, 0.29) is 12.1 Å². The number of nitrogens with zero attached hydrogens (tertiary/aromatic N) is 1. The third-order valence-corrected chi connectivity index (χ3v) is 3.54. The Labute approximate surface area is 107 Å². The molecule has 1 atom stereocenters. The molecule has 0 bridgehead atoms. The van der Waals surface area contributed by atoms with E-state index in [1.54, 1.807) is 6.20 Å². The number of urea groups is 1. The average Bonchev–Trinajstić information content (AvgIpc) is 2.89. The largest absolute Gasteiger partial charge is 0.331 e. The highest BCUT2D eigenvalue weighted by molar-refractivity contribution is 7.16. The van der Waals surface area contributed by atoms with Crippen LogP contribution in [0.1, 0.15) is 17.8 Å². The van der Waals surface area contributed by atoms with Crippen molar-refractivity contribution < 1.29 is 4.79 Å². The van der Waals surface area contributed by atoms with Gasteiger partial charge in [0.2, 0.25) is 0 Å². The van der Waals surface area contributed by atoms with E-state index >= 15 is 0 Å². The van der Waals surface area contributed by atoms with Gasteiger partial charge >= 0.3 is 6.03 Å². The van der Waals surface area contributed by atoms with Gasteiger partial charge in [0.15, 0.2) is 0 Å². The van der Waals surface area contributed by atoms with Crippen molar-refractivity contribution in [3.8, 4) is 0 Å². The first-order chi connectivity index (χ1) is 8.15. The number of nitrogens with one attached hydrogen (secondary N) is 3. The minimum absolute atomic E-state index is 0.0839. The molecule has 0 aliphatic rings. The molecule has 0 spiro atoms. The van der Waals surface area contributed by atoms with Gasteiger partial charge in [0.25, 0.3) is 0 Å². The number of anilines is 1. The van der Waals surface area contributed by atoms with Crippen LogP contribution in [0.4, 0.5) is 10.5 Å². The first-order valence-electron chi connectivity index (χ1n) is 4.96. The summed E-state index contributed by atoms with van der Waals surface area (Å²) in [4.78, 5) is 12.6. The summed E-state index contributed by atoms with van der Waals surface area (Å²) in [7, 11) is 0. The molecule has 0 fully saturated rings. The summed E-state index contributed by atoms with van der Waals surface area (Å²) in [5.74, 6) is 0. The van der Waals surface area contributed by atoms with E-state index in [9.17, 15) is 4.79 Å². The molecule has 2 heterocycles. The van der Waals surface area contributed by atoms with Gasteiger partial charge in [-0.2, -0.15) is 5.10 Å². The van der Waals surface area contributed by atoms with E-state index < -0.39 is 0 Å². The molecule has 3 N–H and O–H groups in total. The molecular weight excluding hydrogens is 260 g/mol. The molecule has 90 valence electrons. The van der Waals surface area contributed by atoms with Crippen LogP contribution >= 0.6 is 22.9 Å². The Balaban J connectivity index is 1.90. The molecule has 0 aromatic carbocycles.